The van der Waals surface area contributed by atoms with Crippen LogP contribution in [-0.4, -0.2) is 28.6 Å². The Bertz CT molecular complexity index is 913. The molecular weight excluding hydrogens is 304 g/mol. The van der Waals surface area contributed by atoms with Gasteiger partial charge in [0.2, 0.25) is 0 Å². The highest BCUT2D eigenvalue weighted by atomic mass is 32.1. The highest BCUT2D eigenvalue weighted by molar-refractivity contribution is 7.23. The van der Waals surface area contributed by atoms with Crippen LogP contribution in [0.1, 0.15) is 24.2 Å². The van der Waals surface area contributed by atoms with E-state index in [0.29, 0.717) is 17.1 Å². The number of rotatable bonds is 4. The van der Waals surface area contributed by atoms with Gasteiger partial charge in [-0.3, -0.25) is 9.20 Å². The lowest BCUT2D eigenvalue weighted by atomic mass is 10.3. The fraction of sp³-hybridized carbons (Fsp3) is 0.267. The monoisotopic (exact) mass is 318 g/mol. The molecule has 114 valence electrons. The number of fused-ring (bicyclic) bond motifs is 3. The van der Waals surface area contributed by atoms with Gasteiger partial charge in [0, 0.05) is 0 Å². The lowest BCUT2D eigenvalue weighted by Crippen LogP contribution is -2.23. The molecule has 0 atom stereocenters. The van der Waals surface area contributed by atoms with Crippen LogP contribution in [0.25, 0.3) is 15.2 Å². The van der Waals surface area contributed by atoms with E-state index < -0.39 is 11.5 Å². The van der Waals surface area contributed by atoms with Gasteiger partial charge in [-0.15, -0.1) is 0 Å². The molecule has 0 saturated heterocycles. The van der Waals surface area contributed by atoms with Crippen molar-refractivity contribution in [1.82, 2.24) is 9.38 Å². The molecule has 0 saturated carbocycles. The van der Waals surface area contributed by atoms with Crippen LogP contribution in [0.15, 0.2) is 29.2 Å². The molecule has 1 aromatic carbocycles. The Morgan fingerprint density at radius 2 is 2.14 bits per heavy atom. The quantitative estimate of drug-likeness (QED) is 0.691. The number of nitrogens with zero attached hydrogens (tertiary/aromatic N) is 2. The number of carbonyl (C=O) groups is 1. The smallest absolute Gasteiger partial charge is 0.345 e. The minimum absolute atomic E-state index is 0.0621. The number of hydrogen-bond acceptors (Lipinski definition) is 6. The summed E-state index contributed by atoms with van der Waals surface area (Å²) in [5.41, 5.74) is 0.221. The normalized spacial score (nSPS) is 11.0. The molecule has 0 aliphatic carbocycles. The fourth-order valence-corrected chi connectivity index (χ4v) is 3.20. The molecule has 0 aliphatic heterocycles. The van der Waals surface area contributed by atoms with Gasteiger partial charge in [0.25, 0.3) is 5.56 Å². The molecule has 0 bridgehead atoms. The molecule has 0 spiro atoms. The zero-order valence-electron chi connectivity index (χ0n) is 12.2. The fourth-order valence-electron chi connectivity index (χ4n) is 2.19. The van der Waals surface area contributed by atoms with Crippen LogP contribution in [0.2, 0.25) is 0 Å². The second-order valence-corrected chi connectivity index (χ2v) is 5.49. The molecule has 3 rings (SSSR count). The molecule has 2 heterocycles. The zero-order chi connectivity index (χ0) is 15.7. The molecule has 22 heavy (non-hydrogen) atoms. The van der Waals surface area contributed by atoms with Gasteiger partial charge in [0.1, 0.15) is 11.3 Å². The van der Waals surface area contributed by atoms with E-state index in [4.69, 9.17) is 9.47 Å². The Labute approximate surface area is 129 Å². The van der Waals surface area contributed by atoms with E-state index in [1.165, 1.54) is 21.9 Å². The molecule has 7 heteroatoms. The predicted octanol–water partition coefficient (Wildman–Crippen LogP) is 2.48. The minimum Gasteiger partial charge on any atom is -0.494 e. The van der Waals surface area contributed by atoms with Crippen molar-refractivity contribution in [3.8, 4) is 5.75 Å². The van der Waals surface area contributed by atoms with Gasteiger partial charge >= 0.3 is 5.97 Å². The van der Waals surface area contributed by atoms with Crippen molar-refractivity contribution in [3.63, 3.8) is 0 Å². The van der Waals surface area contributed by atoms with Crippen molar-refractivity contribution in [3.05, 3.63) is 40.3 Å². The second-order valence-electron chi connectivity index (χ2n) is 4.48. The molecule has 3 aromatic rings. The topological polar surface area (TPSA) is 69.9 Å². The molecule has 0 fully saturated rings. The summed E-state index contributed by atoms with van der Waals surface area (Å²) in [5.74, 6) is 0.0832. The minimum atomic E-state index is -0.653. The highest BCUT2D eigenvalue weighted by Crippen LogP contribution is 2.27. The molecule has 0 aliphatic rings. The molecule has 0 N–H and O–H groups in total. The number of ether oxygens (including phenoxy) is 2. The van der Waals surface area contributed by atoms with Gasteiger partial charge in [0.05, 0.1) is 29.6 Å². The maximum absolute atomic E-state index is 12.5. The largest absolute Gasteiger partial charge is 0.494 e. The van der Waals surface area contributed by atoms with Crippen LogP contribution < -0.4 is 10.3 Å². The summed E-state index contributed by atoms with van der Waals surface area (Å²) in [6, 6.07) is 5.45. The van der Waals surface area contributed by atoms with E-state index in [2.05, 4.69) is 4.98 Å². The number of thiazole rings is 1. The summed E-state index contributed by atoms with van der Waals surface area (Å²) in [6.07, 6.45) is 1.27. The summed E-state index contributed by atoms with van der Waals surface area (Å²) in [5, 5.41) is 0. The first kappa shape index (κ1) is 14.5. The van der Waals surface area contributed by atoms with Gasteiger partial charge < -0.3 is 9.47 Å². The van der Waals surface area contributed by atoms with Crippen molar-refractivity contribution < 1.29 is 14.3 Å². The predicted molar refractivity (Wildman–Crippen MR) is 84.0 cm³/mol. The maximum atomic E-state index is 12.5. The number of esters is 1. The van der Waals surface area contributed by atoms with Gasteiger partial charge in [0.15, 0.2) is 4.96 Å². The molecule has 0 unspecified atom stereocenters. The lowest BCUT2D eigenvalue weighted by molar-refractivity contribution is 0.0523. The van der Waals surface area contributed by atoms with Gasteiger partial charge in [-0.05, 0) is 32.0 Å². The Balaban J connectivity index is 2.23. The summed E-state index contributed by atoms with van der Waals surface area (Å²) >= 11 is 1.37. The number of hydrogen-bond donors (Lipinski definition) is 0. The van der Waals surface area contributed by atoms with Crippen molar-refractivity contribution in [1.29, 1.82) is 0 Å². The van der Waals surface area contributed by atoms with Crippen molar-refractivity contribution in [2.75, 3.05) is 13.2 Å². The van der Waals surface area contributed by atoms with Crippen LogP contribution >= 0.6 is 11.3 Å². The first-order valence-corrected chi connectivity index (χ1v) is 7.71. The highest BCUT2D eigenvalue weighted by Gasteiger charge is 2.17. The van der Waals surface area contributed by atoms with E-state index in [1.54, 1.807) is 19.1 Å². The second kappa shape index (κ2) is 5.76. The standard InChI is InChI=1S/C15H14N2O4S/c1-3-20-9-5-6-11-12(7-9)22-15-16-8-10(13(18)17(11)15)14(19)21-4-2/h5-8H,3-4H2,1-2H3. The van der Waals surface area contributed by atoms with Crippen molar-refractivity contribution >= 4 is 32.5 Å². The Morgan fingerprint density at radius 3 is 2.86 bits per heavy atom. The molecule has 0 radical (unpaired) electrons. The SMILES string of the molecule is CCOC(=O)c1cnc2sc3cc(OCC)ccc3n2c1=O. The third kappa shape index (κ3) is 2.33. The maximum Gasteiger partial charge on any atom is 0.345 e. The van der Waals surface area contributed by atoms with Gasteiger partial charge in [-0.1, -0.05) is 11.3 Å². The van der Waals surface area contributed by atoms with Gasteiger partial charge in [-0.25, -0.2) is 9.78 Å². The van der Waals surface area contributed by atoms with E-state index in [1.807, 2.05) is 13.0 Å². The summed E-state index contributed by atoms with van der Waals surface area (Å²) < 4.78 is 12.7. The number of aromatic nitrogens is 2. The molecular formula is C15H14N2O4S. The Kier molecular flexibility index (Phi) is 3.81. The third-order valence-electron chi connectivity index (χ3n) is 3.11. The van der Waals surface area contributed by atoms with E-state index in [-0.39, 0.29) is 12.2 Å². The Morgan fingerprint density at radius 1 is 1.32 bits per heavy atom. The summed E-state index contributed by atoms with van der Waals surface area (Å²) in [6.45, 7) is 4.38. The van der Waals surface area contributed by atoms with Crippen LogP contribution in [0, 0.1) is 0 Å². The summed E-state index contributed by atoms with van der Waals surface area (Å²) in [7, 11) is 0. The van der Waals surface area contributed by atoms with E-state index in [9.17, 15) is 9.59 Å². The van der Waals surface area contributed by atoms with Crippen LogP contribution in [0.4, 0.5) is 0 Å². The molecule has 0 amide bonds. The first-order chi connectivity index (χ1) is 10.7. The average Bonchev–Trinajstić information content (AvgIpc) is 2.86. The van der Waals surface area contributed by atoms with Crippen LogP contribution in [0.3, 0.4) is 0 Å². The third-order valence-corrected chi connectivity index (χ3v) is 4.13. The molecule has 6 nitrogen and oxygen atoms in total. The average molecular weight is 318 g/mol. The number of carbonyl (C=O) groups excluding carboxylic acids is 1. The van der Waals surface area contributed by atoms with Crippen LogP contribution in [0.5, 0.6) is 5.75 Å². The summed E-state index contributed by atoms with van der Waals surface area (Å²) in [4.78, 5) is 29.1. The van der Waals surface area contributed by atoms with Gasteiger partial charge in [-0.2, -0.15) is 0 Å². The first-order valence-electron chi connectivity index (χ1n) is 6.90. The Hall–Kier alpha value is -2.41. The molecule has 2 aromatic heterocycles. The number of benzene rings is 1. The van der Waals surface area contributed by atoms with Crippen molar-refractivity contribution in [2.24, 2.45) is 0 Å². The lowest BCUT2D eigenvalue weighted by Gasteiger charge is -2.03. The zero-order valence-corrected chi connectivity index (χ0v) is 13.0. The van der Waals surface area contributed by atoms with E-state index >= 15 is 0 Å². The van der Waals surface area contributed by atoms with E-state index in [0.717, 1.165) is 10.4 Å². The van der Waals surface area contributed by atoms with Crippen molar-refractivity contribution in [2.45, 2.75) is 13.8 Å². The van der Waals surface area contributed by atoms with Crippen LogP contribution in [-0.2, 0) is 4.74 Å².